The summed E-state index contributed by atoms with van der Waals surface area (Å²) in [6.45, 7) is 0. The molecule has 0 aliphatic heterocycles. The van der Waals surface area contributed by atoms with Gasteiger partial charge in [-0.15, -0.1) is 0 Å². The van der Waals surface area contributed by atoms with Gasteiger partial charge in [-0.3, -0.25) is 0 Å². The Morgan fingerprint density at radius 3 is 2.50 bits per heavy atom. The second-order valence-electron chi connectivity index (χ2n) is 5.13. The first-order valence-electron chi connectivity index (χ1n) is 6.51. The molecule has 2 rings (SSSR count). The van der Waals surface area contributed by atoms with Gasteiger partial charge in [0.05, 0.1) is 12.1 Å². The lowest BCUT2D eigenvalue weighted by atomic mass is 9.81. The fourth-order valence-electron chi connectivity index (χ4n) is 2.70. The molecule has 1 fully saturated rings. The molecular formula is C14H20FNO2. The standard InChI is InChI=1S/C14H20FNO2/c15-11-8-10(6-7-12(11)17)13(16)14(18)9-4-2-1-3-5-9/h6-9,13-14,17-18H,1-5,16H2/t13-,14+/m0/s1. The molecule has 0 aromatic heterocycles. The minimum atomic E-state index is -0.696. The van der Waals surface area contributed by atoms with Crippen molar-refractivity contribution < 1.29 is 14.6 Å². The van der Waals surface area contributed by atoms with Crippen molar-refractivity contribution >= 4 is 0 Å². The van der Waals surface area contributed by atoms with Crippen LogP contribution in [0.4, 0.5) is 4.39 Å². The minimum absolute atomic E-state index is 0.200. The van der Waals surface area contributed by atoms with Crippen LogP contribution in [-0.2, 0) is 0 Å². The van der Waals surface area contributed by atoms with Crippen LogP contribution in [0.25, 0.3) is 0 Å². The van der Waals surface area contributed by atoms with E-state index in [0.29, 0.717) is 5.56 Å². The number of nitrogens with two attached hydrogens (primary N) is 1. The van der Waals surface area contributed by atoms with Crippen LogP contribution in [0.15, 0.2) is 18.2 Å². The summed E-state index contributed by atoms with van der Waals surface area (Å²) in [5.41, 5.74) is 6.52. The molecule has 0 bridgehead atoms. The zero-order valence-electron chi connectivity index (χ0n) is 10.3. The normalized spacial score (nSPS) is 20.6. The van der Waals surface area contributed by atoms with Gasteiger partial charge >= 0.3 is 0 Å². The number of benzene rings is 1. The van der Waals surface area contributed by atoms with E-state index in [1.54, 1.807) is 6.07 Å². The molecule has 2 atom stereocenters. The number of aromatic hydroxyl groups is 1. The number of rotatable bonds is 3. The average Bonchev–Trinajstić information content (AvgIpc) is 2.41. The van der Waals surface area contributed by atoms with Crippen LogP contribution < -0.4 is 5.73 Å². The Balaban J connectivity index is 2.09. The first kappa shape index (κ1) is 13.3. The fourth-order valence-corrected chi connectivity index (χ4v) is 2.70. The summed E-state index contributed by atoms with van der Waals surface area (Å²) in [5.74, 6) is -0.887. The van der Waals surface area contributed by atoms with E-state index in [1.807, 2.05) is 0 Å². The number of phenols is 1. The molecule has 0 amide bonds. The second kappa shape index (κ2) is 5.67. The van der Waals surface area contributed by atoms with Crippen LogP contribution in [0.1, 0.15) is 43.7 Å². The zero-order chi connectivity index (χ0) is 13.1. The van der Waals surface area contributed by atoms with Gasteiger partial charge < -0.3 is 15.9 Å². The molecule has 4 N–H and O–H groups in total. The third kappa shape index (κ3) is 2.82. The van der Waals surface area contributed by atoms with Crippen molar-refractivity contribution in [3.63, 3.8) is 0 Å². The zero-order valence-corrected chi connectivity index (χ0v) is 10.3. The third-order valence-corrected chi connectivity index (χ3v) is 3.86. The van der Waals surface area contributed by atoms with Crippen molar-refractivity contribution in [2.24, 2.45) is 11.7 Å². The van der Waals surface area contributed by atoms with Gasteiger partial charge in [0.2, 0.25) is 0 Å². The van der Waals surface area contributed by atoms with Gasteiger partial charge in [0.1, 0.15) is 0 Å². The lowest BCUT2D eigenvalue weighted by Gasteiger charge is -2.30. The van der Waals surface area contributed by atoms with Crippen molar-refractivity contribution in [1.82, 2.24) is 0 Å². The largest absolute Gasteiger partial charge is 0.505 e. The molecule has 1 aromatic carbocycles. The predicted molar refractivity (Wildman–Crippen MR) is 67.6 cm³/mol. The summed E-state index contributed by atoms with van der Waals surface area (Å²) in [7, 11) is 0. The molecular weight excluding hydrogens is 233 g/mol. The molecule has 4 heteroatoms. The molecule has 0 saturated heterocycles. The van der Waals surface area contributed by atoms with E-state index < -0.39 is 23.7 Å². The molecule has 100 valence electrons. The maximum absolute atomic E-state index is 13.3. The number of phenolic OH excluding ortho intramolecular Hbond substituents is 1. The van der Waals surface area contributed by atoms with Crippen molar-refractivity contribution in [3.8, 4) is 5.75 Å². The van der Waals surface area contributed by atoms with E-state index in [4.69, 9.17) is 10.8 Å². The SMILES string of the molecule is N[C@@H](c1ccc(O)c(F)c1)[C@H](O)C1CCCCC1. The van der Waals surface area contributed by atoms with E-state index in [0.717, 1.165) is 25.7 Å². The summed E-state index contributed by atoms with van der Waals surface area (Å²) in [4.78, 5) is 0. The molecule has 0 spiro atoms. The highest BCUT2D eigenvalue weighted by Crippen LogP contribution is 2.32. The predicted octanol–water partition coefficient (Wildman–Crippen LogP) is 2.47. The van der Waals surface area contributed by atoms with Crippen LogP contribution in [0.2, 0.25) is 0 Å². The Bertz CT molecular complexity index is 405. The summed E-state index contributed by atoms with van der Waals surface area (Å²) in [5, 5.41) is 19.4. The van der Waals surface area contributed by atoms with Crippen LogP contribution in [-0.4, -0.2) is 16.3 Å². The second-order valence-corrected chi connectivity index (χ2v) is 5.13. The maximum Gasteiger partial charge on any atom is 0.165 e. The Kier molecular flexibility index (Phi) is 4.19. The molecule has 1 aromatic rings. The number of halogens is 1. The number of hydrogen-bond donors (Lipinski definition) is 3. The van der Waals surface area contributed by atoms with Crippen molar-refractivity contribution in [2.75, 3.05) is 0 Å². The fraction of sp³-hybridized carbons (Fsp3) is 0.571. The van der Waals surface area contributed by atoms with Gasteiger partial charge in [0.15, 0.2) is 11.6 Å². The number of aliphatic hydroxyl groups is 1. The van der Waals surface area contributed by atoms with Crippen LogP contribution in [0, 0.1) is 11.7 Å². The molecule has 1 aliphatic carbocycles. The smallest absolute Gasteiger partial charge is 0.165 e. The lowest BCUT2D eigenvalue weighted by molar-refractivity contribution is 0.0617. The van der Waals surface area contributed by atoms with Crippen molar-refractivity contribution in [1.29, 1.82) is 0 Å². The van der Waals surface area contributed by atoms with Crippen LogP contribution in [0.3, 0.4) is 0 Å². The van der Waals surface area contributed by atoms with Crippen LogP contribution in [0.5, 0.6) is 5.75 Å². The topological polar surface area (TPSA) is 66.5 Å². The Morgan fingerprint density at radius 1 is 1.22 bits per heavy atom. The molecule has 18 heavy (non-hydrogen) atoms. The third-order valence-electron chi connectivity index (χ3n) is 3.86. The molecule has 0 unspecified atom stereocenters. The highest BCUT2D eigenvalue weighted by molar-refractivity contribution is 5.30. The summed E-state index contributed by atoms with van der Waals surface area (Å²) < 4.78 is 13.3. The molecule has 0 radical (unpaired) electrons. The molecule has 1 saturated carbocycles. The van der Waals surface area contributed by atoms with E-state index in [-0.39, 0.29) is 5.92 Å². The van der Waals surface area contributed by atoms with E-state index in [2.05, 4.69) is 0 Å². The molecule has 1 aliphatic rings. The van der Waals surface area contributed by atoms with Crippen molar-refractivity contribution in [3.05, 3.63) is 29.6 Å². The molecule has 0 heterocycles. The van der Waals surface area contributed by atoms with Gasteiger partial charge in [0, 0.05) is 0 Å². The maximum atomic E-state index is 13.3. The molecule has 3 nitrogen and oxygen atoms in total. The first-order valence-corrected chi connectivity index (χ1v) is 6.51. The number of aliphatic hydroxyl groups excluding tert-OH is 1. The Labute approximate surface area is 106 Å². The first-order chi connectivity index (χ1) is 8.59. The lowest BCUT2D eigenvalue weighted by Crippen LogP contribution is -2.34. The van der Waals surface area contributed by atoms with Crippen LogP contribution >= 0.6 is 0 Å². The van der Waals surface area contributed by atoms with E-state index >= 15 is 0 Å². The summed E-state index contributed by atoms with van der Waals surface area (Å²) in [6.07, 6.45) is 4.78. The Hall–Kier alpha value is -1.13. The Morgan fingerprint density at radius 2 is 1.89 bits per heavy atom. The highest BCUT2D eigenvalue weighted by atomic mass is 19.1. The quantitative estimate of drug-likeness (QED) is 0.775. The van der Waals surface area contributed by atoms with Gasteiger partial charge in [-0.2, -0.15) is 0 Å². The summed E-state index contributed by atoms with van der Waals surface area (Å²) >= 11 is 0. The van der Waals surface area contributed by atoms with E-state index in [9.17, 15) is 9.50 Å². The van der Waals surface area contributed by atoms with E-state index in [1.165, 1.54) is 18.6 Å². The van der Waals surface area contributed by atoms with Gasteiger partial charge in [-0.25, -0.2) is 4.39 Å². The van der Waals surface area contributed by atoms with Gasteiger partial charge in [-0.05, 0) is 36.5 Å². The summed E-state index contributed by atoms with van der Waals surface area (Å²) in [6, 6.07) is 3.45. The van der Waals surface area contributed by atoms with Gasteiger partial charge in [-0.1, -0.05) is 25.3 Å². The highest BCUT2D eigenvalue weighted by Gasteiger charge is 2.27. The minimum Gasteiger partial charge on any atom is -0.505 e. The monoisotopic (exact) mass is 253 g/mol. The average molecular weight is 253 g/mol. The number of hydrogen-bond acceptors (Lipinski definition) is 3. The van der Waals surface area contributed by atoms with Crippen molar-refractivity contribution in [2.45, 2.75) is 44.2 Å². The van der Waals surface area contributed by atoms with Gasteiger partial charge in [0.25, 0.3) is 0 Å².